The van der Waals surface area contributed by atoms with Gasteiger partial charge in [-0.05, 0) is 35.4 Å². The second-order valence-electron chi connectivity index (χ2n) is 5.05. The summed E-state index contributed by atoms with van der Waals surface area (Å²) >= 11 is 4.88. The normalized spacial score (nSPS) is 11.5. The number of amidine groups is 1. The van der Waals surface area contributed by atoms with Gasteiger partial charge in [0.05, 0.1) is 5.69 Å². The zero-order chi connectivity index (χ0) is 16.7. The third-order valence-corrected chi connectivity index (χ3v) is 4.71. The zero-order valence-electron chi connectivity index (χ0n) is 13.0. The maximum Gasteiger partial charge on any atom is 0.159 e. The van der Waals surface area contributed by atoms with Crippen LogP contribution in [0.1, 0.15) is 24.5 Å². The first-order valence-corrected chi connectivity index (χ1v) is 9.17. The van der Waals surface area contributed by atoms with E-state index in [9.17, 15) is 4.79 Å². The SMILES string of the molecule is CCC(=O)Cc1ccccc1CSC(N)=Nc1ccc(Br)cc1. The molecule has 23 heavy (non-hydrogen) atoms. The highest BCUT2D eigenvalue weighted by molar-refractivity contribution is 9.10. The molecular formula is C18H19BrN2OS. The average molecular weight is 391 g/mol. The van der Waals surface area contributed by atoms with Crippen LogP contribution in [0.25, 0.3) is 0 Å². The van der Waals surface area contributed by atoms with E-state index in [4.69, 9.17) is 5.73 Å². The van der Waals surface area contributed by atoms with Crippen LogP contribution in [-0.4, -0.2) is 11.0 Å². The average Bonchev–Trinajstić information content (AvgIpc) is 2.56. The Balaban J connectivity index is 2.02. The number of thioether (sulfide) groups is 1. The molecule has 2 aromatic rings. The summed E-state index contributed by atoms with van der Waals surface area (Å²) < 4.78 is 1.01. The van der Waals surface area contributed by atoms with Crippen LogP contribution in [0.2, 0.25) is 0 Å². The van der Waals surface area contributed by atoms with E-state index >= 15 is 0 Å². The number of halogens is 1. The molecule has 2 rings (SSSR count). The van der Waals surface area contributed by atoms with Crippen molar-refractivity contribution in [3.05, 3.63) is 64.1 Å². The van der Waals surface area contributed by atoms with E-state index in [1.807, 2.05) is 55.5 Å². The molecule has 2 aromatic carbocycles. The number of nitrogens with zero attached hydrogens (tertiary/aromatic N) is 1. The molecule has 0 saturated heterocycles. The summed E-state index contributed by atoms with van der Waals surface area (Å²) in [4.78, 5) is 16.1. The van der Waals surface area contributed by atoms with Gasteiger partial charge in [0.2, 0.25) is 0 Å². The second kappa shape index (κ2) is 8.89. The van der Waals surface area contributed by atoms with Crippen molar-refractivity contribution in [3.8, 4) is 0 Å². The molecule has 0 bridgehead atoms. The second-order valence-corrected chi connectivity index (χ2v) is 6.96. The quantitative estimate of drug-likeness (QED) is 0.566. The predicted octanol–water partition coefficient (Wildman–Crippen LogP) is 4.85. The number of benzene rings is 2. The Morgan fingerprint density at radius 2 is 1.78 bits per heavy atom. The summed E-state index contributed by atoms with van der Waals surface area (Å²) in [5, 5.41) is 0.518. The van der Waals surface area contributed by atoms with E-state index in [0.29, 0.717) is 23.8 Å². The molecule has 0 heterocycles. The highest BCUT2D eigenvalue weighted by atomic mass is 79.9. The van der Waals surface area contributed by atoms with Crippen molar-refractivity contribution in [2.24, 2.45) is 10.7 Å². The number of aliphatic imine (C=N–C) groups is 1. The standard InChI is InChI=1S/C18H19BrN2OS/c1-2-17(22)11-13-5-3-4-6-14(13)12-23-18(20)21-16-9-7-15(19)8-10-16/h3-10H,2,11-12H2,1H3,(H2,20,21). The Morgan fingerprint density at radius 3 is 2.43 bits per heavy atom. The Morgan fingerprint density at radius 1 is 1.13 bits per heavy atom. The molecule has 120 valence electrons. The van der Waals surface area contributed by atoms with Gasteiger partial charge in [-0.15, -0.1) is 0 Å². The molecule has 5 heteroatoms. The maximum atomic E-state index is 11.7. The van der Waals surface area contributed by atoms with Crippen LogP contribution < -0.4 is 5.73 Å². The van der Waals surface area contributed by atoms with Gasteiger partial charge >= 0.3 is 0 Å². The van der Waals surface area contributed by atoms with Gasteiger partial charge < -0.3 is 5.73 Å². The van der Waals surface area contributed by atoms with Gasteiger partial charge in [0.15, 0.2) is 5.17 Å². The van der Waals surface area contributed by atoms with Gasteiger partial charge in [-0.2, -0.15) is 0 Å². The number of carbonyl (C=O) groups excluding carboxylic acids is 1. The first-order chi connectivity index (χ1) is 11.1. The van der Waals surface area contributed by atoms with Gasteiger partial charge in [-0.25, -0.2) is 4.99 Å². The van der Waals surface area contributed by atoms with E-state index in [2.05, 4.69) is 20.9 Å². The summed E-state index contributed by atoms with van der Waals surface area (Å²) in [5.41, 5.74) is 9.04. The topological polar surface area (TPSA) is 55.5 Å². The van der Waals surface area contributed by atoms with Crippen molar-refractivity contribution in [2.75, 3.05) is 0 Å². The fraction of sp³-hybridized carbons (Fsp3) is 0.222. The fourth-order valence-corrected chi connectivity index (χ4v) is 3.05. The molecule has 0 unspecified atom stereocenters. The predicted molar refractivity (Wildman–Crippen MR) is 102 cm³/mol. The molecule has 0 aliphatic carbocycles. The van der Waals surface area contributed by atoms with E-state index in [1.165, 1.54) is 11.8 Å². The lowest BCUT2D eigenvalue weighted by atomic mass is 10.0. The Labute approximate surface area is 149 Å². The number of rotatable bonds is 6. The summed E-state index contributed by atoms with van der Waals surface area (Å²) in [7, 11) is 0. The smallest absolute Gasteiger partial charge is 0.159 e. The number of hydrogen-bond acceptors (Lipinski definition) is 3. The molecule has 0 saturated carbocycles. The van der Waals surface area contributed by atoms with Gasteiger partial charge in [-0.3, -0.25) is 4.79 Å². The summed E-state index contributed by atoms with van der Waals surface area (Å²) in [5.74, 6) is 0.956. The van der Waals surface area contributed by atoms with E-state index in [1.54, 1.807) is 0 Å². The Hall–Kier alpha value is -1.59. The minimum atomic E-state index is 0.249. The van der Waals surface area contributed by atoms with Gasteiger partial charge in [0.25, 0.3) is 0 Å². The molecular weight excluding hydrogens is 372 g/mol. The van der Waals surface area contributed by atoms with Crippen LogP contribution in [0.4, 0.5) is 5.69 Å². The van der Waals surface area contributed by atoms with Crippen molar-refractivity contribution >= 4 is 44.3 Å². The van der Waals surface area contributed by atoms with Crippen molar-refractivity contribution < 1.29 is 4.79 Å². The van der Waals surface area contributed by atoms with Gasteiger partial charge in [0, 0.05) is 23.1 Å². The van der Waals surface area contributed by atoms with Crippen LogP contribution in [0.5, 0.6) is 0 Å². The Kier molecular flexibility index (Phi) is 6.86. The van der Waals surface area contributed by atoms with Crippen molar-refractivity contribution in [3.63, 3.8) is 0 Å². The van der Waals surface area contributed by atoms with Crippen molar-refractivity contribution in [1.29, 1.82) is 0 Å². The van der Waals surface area contributed by atoms with Gasteiger partial charge in [0.1, 0.15) is 5.78 Å². The van der Waals surface area contributed by atoms with Crippen LogP contribution in [0.3, 0.4) is 0 Å². The fourth-order valence-electron chi connectivity index (χ4n) is 2.04. The number of ketones is 1. The van der Waals surface area contributed by atoms with Crippen LogP contribution in [0.15, 0.2) is 58.0 Å². The maximum absolute atomic E-state index is 11.7. The first kappa shape index (κ1) is 17.8. The number of Topliss-reactive ketones (excluding diaryl/α,β-unsaturated/α-hetero) is 1. The number of carbonyl (C=O) groups is 1. The highest BCUT2D eigenvalue weighted by Crippen LogP contribution is 2.21. The number of nitrogens with two attached hydrogens (primary N) is 1. The molecule has 0 fully saturated rings. The first-order valence-electron chi connectivity index (χ1n) is 7.39. The molecule has 0 amide bonds. The van der Waals surface area contributed by atoms with Gasteiger partial charge in [-0.1, -0.05) is 58.9 Å². The van der Waals surface area contributed by atoms with E-state index in [0.717, 1.165) is 21.3 Å². The van der Waals surface area contributed by atoms with Crippen molar-refractivity contribution in [2.45, 2.75) is 25.5 Å². The minimum Gasteiger partial charge on any atom is -0.378 e. The van der Waals surface area contributed by atoms with Crippen LogP contribution >= 0.6 is 27.7 Å². The third kappa shape index (κ3) is 5.84. The molecule has 0 atom stereocenters. The Bertz CT molecular complexity index is 698. The van der Waals surface area contributed by atoms with E-state index < -0.39 is 0 Å². The minimum absolute atomic E-state index is 0.249. The van der Waals surface area contributed by atoms with Crippen molar-refractivity contribution in [1.82, 2.24) is 0 Å². The van der Waals surface area contributed by atoms with Crippen LogP contribution in [0, 0.1) is 0 Å². The molecule has 0 spiro atoms. The lowest BCUT2D eigenvalue weighted by molar-refractivity contribution is -0.118. The largest absolute Gasteiger partial charge is 0.378 e. The lowest BCUT2D eigenvalue weighted by Gasteiger charge is -2.08. The highest BCUT2D eigenvalue weighted by Gasteiger charge is 2.07. The molecule has 3 nitrogen and oxygen atoms in total. The van der Waals surface area contributed by atoms with E-state index in [-0.39, 0.29) is 5.78 Å². The summed E-state index contributed by atoms with van der Waals surface area (Å²) in [6.07, 6.45) is 1.05. The third-order valence-electron chi connectivity index (χ3n) is 3.34. The molecule has 0 aromatic heterocycles. The lowest BCUT2D eigenvalue weighted by Crippen LogP contribution is -2.08. The molecule has 2 N–H and O–H groups in total. The monoisotopic (exact) mass is 390 g/mol. The number of hydrogen-bond donors (Lipinski definition) is 1. The summed E-state index contributed by atoms with van der Waals surface area (Å²) in [6, 6.07) is 15.7. The molecule has 0 aliphatic heterocycles. The summed E-state index contributed by atoms with van der Waals surface area (Å²) in [6.45, 7) is 1.89. The molecule has 0 aliphatic rings. The van der Waals surface area contributed by atoms with Crippen LogP contribution in [-0.2, 0) is 17.0 Å². The molecule has 0 radical (unpaired) electrons. The zero-order valence-corrected chi connectivity index (χ0v) is 15.4.